The molecule has 0 saturated heterocycles. The molecule has 104 valence electrons. The molecule has 0 spiro atoms. The van der Waals surface area contributed by atoms with Gasteiger partial charge in [-0.3, -0.25) is 0 Å². The fraction of sp³-hybridized carbons (Fsp3) is 0.0625. The van der Waals surface area contributed by atoms with Crippen molar-refractivity contribution in [3.8, 4) is 11.5 Å². The number of hydrogen-bond acceptors (Lipinski definition) is 4. The molecule has 5 heteroatoms. The fourth-order valence-corrected chi connectivity index (χ4v) is 2.53. The standard InChI is InChI=1S/C16H11ClN2O2/c17-12-3-1-2-10-4-7-15(19-16(10)12)18-11-5-6-13-14(8-11)21-9-20-13/h1-8H,9H2,(H,18,19). The van der Waals surface area contributed by atoms with Gasteiger partial charge in [0.1, 0.15) is 5.82 Å². The van der Waals surface area contributed by atoms with Gasteiger partial charge in [0.2, 0.25) is 6.79 Å². The summed E-state index contributed by atoms with van der Waals surface area (Å²) in [5, 5.41) is 4.90. The van der Waals surface area contributed by atoms with Crippen LogP contribution in [-0.2, 0) is 0 Å². The Kier molecular flexibility index (Phi) is 2.82. The maximum Gasteiger partial charge on any atom is 0.231 e. The monoisotopic (exact) mass is 298 g/mol. The molecule has 0 fully saturated rings. The lowest BCUT2D eigenvalue weighted by molar-refractivity contribution is 0.174. The van der Waals surface area contributed by atoms with Crippen molar-refractivity contribution >= 4 is 34.0 Å². The van der Waals surface area contributed by atoms with E-state index < -0.39 is 0 Å². The first kappa shape index (κ1) is 12.3. The molecule has 3 aromatic rings. The topological polar surface area (TPSA) is 43.4 Å². The molecule has 0 atom stereocenters. The van der Waals surface area contributed by atoms with E-state index in [2.05, 4.69) is 10.3 Å². The predicted octanol–water partition coefficient (Wildman–Crippen LogP) is 4.36. The third-order valence-corrected chi connectivity index (χ3v) is 3.62. The van der Waals surface area contributed by atoms with Crippen molar-refractivity contribution in [2.75, 3.05) is 12.1 Å². The van der Waals surface area contributed by atoms with Crippen molar-refractivity contribution in [1.29, 1.82) is 0 Å². The molecule has 0 aliphatic carbocycles. The molecule has 2 heterocycles. The lowest BCUT2D eigenvalue weighted by Gasteiger charge is -2.08. The summed E-state index contributed by atoms with van der Waals surface area (Å²) in [5.41, 5.74) is 1.67. The van der Waals surface area contributed by atoms with E-state index in [9.17, 15) is 0 Å². The Hall–Kier alpha value is -2.46. The number of benzene rings is 2. The zero-order valence-corrected chi connectivity index (χ0v) is 11.7. The first-order valence-electron chi connectivity index (χ1n) is 6.51. The van der Waals surface area contributed by atoms with Gasteiger partial charge in [0.15, 0.2) is 11.5 Å². The highest BCUT2D eigenvalue weighted by molar-refractivity contribution is 6.35. The van der Waals surface area contributed by atoms with Crippen LogP contribution in [0.4, 0.5) is 11.5 Å². The van der Waals surface area contributed by atoms with Gasteiger partial charge < -0.3 is 14.8 Å². The Morgan fingerprint density at radius 1 is 1.00 bits per heavy atom. The van der Waals surface area contributed by atoms with Gasteiger partial charge in [-0.05, 0) is 30.3 Å². The molecule has 0 amide bonds. The fourth-order valence-electron chi connectivity index (χ4n) is 2.30. The first-order valence-corrected chi connectivity index (χ1v) is 6.89. The second kappa shape index (κ2) is 4.82. The summed E-state index contributed by atoms with van der Waals surface area (Å²) in [6.07, 6.45) is 0. The lowest BCUT2D eigenvalue weighted by Crippen LogP contribution is -1.94. The number of aromatic nitrogens is 1. The van der Waals surface area contributed by atoms with E-state index >= 15 is 0 Å². The minimum absolute atomic E-state index is 0.266. The lowest BCUT2D eigenvalue weighted by atomic mass is 10.2. The third kappa shape index (κ3) is 2.23. The van der Waals surface area contributed by atoms with Crippen LogP contribution in [-0.4, -0.2) is 11.8 Å². The number of pyridine rings is 1. The van der Waals surface area contributed by atoms with Crippen LogP contribution < -0.4 is 14.8 Å². The minimum atomic E-state index is 0.266. The number of nitrogens with one attached hydrogen (secondary N) is 1. The maximum absolute atomic E-state index is 6.18. The van der Waals surface area contributed by atoms with Gasteiger partial charge in [-0.2, -0.15) is 0 Å². The van der Waals surface area contributed by atoms with E-state index in [-0.39, 0.29) is 6.79 Å². The summed E-state index contributed by atoms with van der Waals surface area (Å²) in [7, 11) is 0. The van der Waals surface area contributed by atoms with Crippen molar-refractivity contribution in [2.45, 2.75) is 0 Å². The maximum atomic E-state index is 6.18. The predicted molar refractivity (Wildman–Crippen MR) is 82.6 cm³/mol. The molecule has 0 unspecified atom stereocenters. The number of fused-ring (bicyclic) bond motifs is 2. The second-order valence-electron chi connectivity index (χ2n) is 4.70. The third-order valence-electron chi connectivity index (χ3n) is 3.32. The highest BCUT2D eigenvalue weighted by atomic mass is 35.5. The van der Waals surface area contributed by atoms with Crippen LogP contribution in [0.1, 0.15) is 0 Å². The Labute approximate surface area is 126 Å². The average Bonchev–Trinajstić information content (AvgIpc) is 2.96. The highest BCUT2D eigenvalue weighted by Gasteiger charge is 2.13. The molecule has 0 radical (unpaired) electrons. The summed E-state index contributed by atoms with van der Waals surface area (Å²) in [6, 6.07) is 15.3. The number of para-hydroxylation sites is 1. The van der Waals surface area contributed by atoms with Gasteiger partial charge in [0.25, 0.3) is 0 Å². The quantitative estimate of drug-likeness (QED) is 0.763. The van der Waals surface area contributed by atoms with Crippen molar-refractivity contribution in [3.05, 3.63) is 53.6 Å². The summed E-state index contributed by atoms with van der Waals surface area (Å²) in [5.74, 6) is 2.23. The zero-order valence-electron chi connectivity index (χ0n) is 11.0. The summed E-state index contributed by atoms with van der Waals surface area (Å²) in [4.78, 5) is 4.55. The van der Waals surface area contributed by atoms with E-state index in [1.54, 1.807) is 0 Å². The molecule has 1 aliphatic heterocycles. The smallest absolute Gasteiger partial charge is 0.231 e. The number of ether oxygens (including phenoxy) is 2. The van der Waals surface area contributed by atoms with Crippen molar-refractivity contribution < 1.29 is 9.47 Å². The second-order valence-corrected chi connectivity index (χ2v) is 5.11. The van der Waals surface area contributed by atoms with Crippen LogP contribution in [0, 0.1) is 0 Å². The van der Waals surface area contributed by atoms with Gasteiger partial charge >= 0.3 is 0 Å². The highest BCUT2D eigenvalue weighted by Crippen LogP contribution is 2.35. The molecule has 21 heavy (non-hydrogen) atoms. The van der Waals surface area contributed by atoms with Crippen molar-refractivity contribution in [3.63, 3.8) is 0 Å². The largest absolute Gasteiger partial charge is 0.454 e. The van der Waals surface area contributed by atoms with Crippen LogP contribution in [0.3, 0.4) is 0 Å². The van der Waals surface area contributed by atoms with Crippen LogP contribution in [0.25, 0.3) is 10.9 Å². The Bertz CT molecular complexity index is 836. The SMILES string of the molecule is Clc1cccc2ccc(Nc3ccc4c(c3)OCO4)nc12. The van der Waals surface area contributed by atoms with Crippen LogP contribution in [0.5, 0.6) is 11.5 Å². The van der Waals surface area contributed by atoms with E-state index in [1.807, 2.05) is 48.5 Å². The van der Waals surface area contributed by atoms with Gasteiger partial charge in [0.05, 0.1) is 10.5 Å². The molecule has 0 saturated carbocycles. The number of nitrogens with zero attached hydrogens (tertiary/aromatic N) is 1. The Balaban J connectivity index is 1.69. The summed E-state index contributed by atoms with van der Waals surface area (Å²) >= 11 is 6.18. The summed E-state index contributed by atoms with van der Waals surface area (Å²) in [6.45, 7) is 0.266. The minimum Gasteiger partial charge on any atom is -0.454 e. The van der Waals surface area contributed by atoms with Gasteiger partial charge in [-0.1, -0.05) is 23.7 Å². The summed E-state index contributed by atoms with van der Waals surface area (Å²) < 4.78 is 10.7. The number of halogens is 1. The molecular weight excluding hydrogens is 288 g/mol. The molecule has 0 bridgehead atoms. The van der Waals surface area contributed by atoms with E-state index in [0.717, 1.165) is 33.9 Å². The van der Waals surface area contributed by atoms with E-state index in [1.165, 1.54) is 0 Å². The van der Waals surface area contributed by atoms with Crippen LogP contribution in [0.15, 0.2) is 48.5 Å². The van der Waals surface area contributed by atoms with Gasteiger partial charge in [-0.25, -0.2) is 4.98 Å². The molecule has 4 nitrogen and oxygen atoms in total. The number of anilines is 2. The Morgan fingerprint density at radius 2 is 1.90 bits per heavy atom. The van der Waals surface area contributed by atoms with Gasteiger partial charge in [-0.15, -0.1) is 0 Å². The normalized spacial score (nSPS) is 12.6. The number of rotatable bonds is 2. The molecule has 2 aromatic carbocycles. The van der Waals surface area contributed by atoms with E-state index in [0.29, 0.717) is 5.02 Å². The van der Waals surface area contributed by atoms with Crippen molar-refractivity contribution in [2.24, 2.45) is 0 Å². The first-order chi connectivity index (χ1) is 10.3. The van der Waals surface area contributed by atoms with Crippen LogP contribution >= 0.6 is 11.6 Å². The van der Waals surface area contributed by atoms with E-state index in [4.69, 9.17) is 21.1 Å². The number of hydrogen-bond donors (Lipinski definition) is 1. The molecular formula is C16H11ClN2O2. The molecule has 4 rings (SSSR count). The van der Waals surface area contributed by atoms with Crippen molar-refractivity contribution in [1.82, 2.24) is 4.98 Å². The average molecular weight is 299 g/mol. The van der Waals surface area contributed by atoms with Crippen LogP contribution in [0.2, 0.25) is 5.02 Å². The van der Waals surface area contributed by atoms with Gasteiger partial charge in [0, 0.05) is 17.1 Å². The zero-order chi connectivity index (χ0) is 14.2. The molecule has 1 aliphatic rings. The molecule has 1 N–H and O–H groups in total. The molecule has 1 aromatic heterocycles. The Morgan fingerprint density at radius 3 is 2.86 bits per heavy atom.